The van der Waals surface area contributed by atoms with E-state index in [1.807, 2.05) is 36.4 Å². The summed E-state index contributed by atoms with van der Waals surface area (Å²) in [5.74, 6) is 1.09. The minimum absolute atomic E-state index is 0.0760. The van der Waals surface area contributed by atoms with E-state index in [2.05, 4.69) is 39.5 Å². The van der Waals surface area contributed by atoms with Gasteiger partial charge in [-0.05, 0) is 85.2 Å². The number of carbonyl (C=O) groups is 1. The highest BCUT2D eigenvalue weighted by Gasteiger charge is 2.55. The molecule has 5 nitrogen and oxygen atoms in total. The first-order valence-corrected chi connectivity index (χ1v) is 13.5. The molecule has 1 saturated carbocycles. The first kappa shape index (κ1) is 22.1. The van der Waals surface area contributed by atoms with E-state index in [-0.39, 0.29) is 22.4 Å². The lowest BCUT2D eigenvalue weighted by molar-refractivity contribution is 0.00470. The van der Waals surface area contributed by atoms with Crippen LogP contribution >= 0.6 is 0 Å². The van der Waals surface area contributed by atoms with Crippen LogP contribution in [0.5, 0.6) is 0 Å². The number of pyridine rings is 1. The molecule has 2 aromatic carbocycles. The number of carbonyl (C=O) groups excluding carboxylic acids is 1. The number of benzene rings is 2. The third-order valence-electron chi connectivity index (χ3n) is 9.35. The van der Waals surface area contributed by atoms with Gasteiger partial charge in [0.15, 0.2) is 0 Å². The molecule has 1 unspecified atom stereocenters. The quantitative estimate of drug-likeness (QED) is 0.582. The molecular weight excluding hydrogens is 446 g/mol. The van der Waals surface area contributed by atoms with E-state index in [4.69, 9.17) is 0 Å². The number of piperidine rings is 1. The van der Waals surface area contributed by atoms with Crippen LogP contribution in [0.15, 0.2) is 65.5 Å². The number of fused-ring (bicyclic) bond motifs is 2. The van der Waals surface area contributed by atoms with Crippen LogP contribution in [0.25, 0.3) is 0 Å². The second kappa shape index (κ2) is 8.45. The van der Waals surface area contributed by atoms with Crippen LogP contribution < -0.4 is 10.9 Å². The molecule has 1 aromatic heterocycles. The fourth-order valence-corrected chi connectivity index (χ4v) is 7.38. The number of amides is 1. The van der Waals surface area contributed by atoms with Gasteiger partial charge in [0.1, 0.15) is 5.56 Å². The maximum absolute atomic E-state index is 13.1. The van der Waals surface area contributed by atoms with Crippen molar-refractivity contribution in [3.05, 3.63) is 105 Å². The number of likely N-dealkylation sites (tertiary alicyclic amines) is 1. The highest BCUT2D eigenvalue weighted by atomic mass is 16.2. The zero-order chi connectivity index (χ0) is 24.3. The third-order valence-corrected chi connectivity index (χ3v) is 9.35. The number of H-pyrrole nitrogens is 1. The fraction of sp³-hybridized carbons (Fsp3) is 0.419. The molecule has 0 spiro atoms. The second-order valence-corrected chi connectivity index (χ2v) is 11.4. The number of hydrogen-bond donors (Lipinski definition) is 2. The van der Waals surface area contributed by atoms with Crippen molar-refractivity contribution in [2.24, 2.45) is 11.8 Å². The number of nitrogens with zero attached hydrogens (tertiary/aromatic N) is 1. The predicted octanol–water partition coefficient (Wildman–Crippen LogP) is 4.00. The number of rotatable bonds is 5. The Morgan fingerprint density at radius 2 is 1.83 bits per heavy atom. The minimum Gasteiger partial charge on any atom is -0.348 e. The molecule has 0 radical (unpaired) electrons. The topological polar surface area (TPSA) is 65.2 Å². The number of aromatic amines is 1. The summed E-state index contributed by atoms with van der Waals surface area (Å²) in [6.45, 7) is 2.79. The molecule has 2 N–H and O–H groups in total. The fourth-order valence-electron chi connectivity index (χ4n) is 7.38. The molecule has 3 aliphatic carbocycles. The molecule has 2 heterocycles. The molecule has 2 fully saturated rings. The van der Waals surface area contributed by atoms with E-state index in [1.165, 1.54) is 30.5 Å². The van der Waals surface area contributed by atoms with Gasteiger partial charge >= 0.3 is 0 Å². The summed E-state index contributed by atoms with van der Waals surface area (Å²) in [7, 11) is 0. The summed E-state index contributed by atoms with van der Waals surface area (Å²) < 4.78 is 0. The van der Waals surface area contributed by atoms with Crippen LogP contribution in [0.4, 0.5) is 0 Å². The largest absolute Gasteiger partial charge is 0.348 e. The van der Waals surface area contributed by atoms with E-state index in [0.29, 0.717) is 18.5 Å². The average molecular weight is 480 g/mol. The van der Waals surface area contributed by atoms with E-state index < -0.39 is 0 Å². The van der Waals surface area contributed by atoms with Crippen LogP contribution in [0.2, 0.25) is 0 Å². The lowest BCUT2D eigenvalue weighted by Crippen LogP contribution is -2.63. The Balaban J connectivity index is 1.22. The van der Waals surface area contributed by atoms with Gasteiger partial charge in [0.2, 0.25) is 0 Å². The van der Waals surface area contributed by atoms with Crippen LogP contribution in [0, 0.1) is 11.8 Å². The molecule has 5 heteroatoms. The van der Waals surface area contributed by atoms with E-state index in [1.54, 1.807) is 0 Å². The Morgan fingerprint density at radius 1 is 1.03 bits per heavy atom. The molecule has 3 atom stereocenters. The van der Waals surface area contributed by atoms with Crippen molar-refractivity contribution < 1.29 is 4.79 Å². The molecule has 1 aliphatic heterocycles. The van der Waals surface area contributed by atoms with E-state index in [0.717, 1.165) is 55.0 Å². The summed E-state index contributed by atoms with van der Waals surface area (Å²) in [6.07, 6.45) is 6.78. The summed E-state index contributed by atoms with van der Waals surface area (Å²) in [5.41, 5.74) is 6.21. The lowest BCUT2D eigenvalue weighted by atomic mass is 9.52. The SMILES string of the molecule is O=C(NCc1ccccc1)c1cc2c([nH]c1=O)CC13CCN(CC4CC4)[C@H](Cc4ccccc41)[C@H]3C2. The Bertz CT molecular complexity index is 1380. The van der Waals surface area contributed by atoms with Gasteiger partial charge in [-0.1, -0.05) is 54.6 Å². The van der Waals surface area contributed by atoms with E-state index in [9.17, 15) is 9.59 Å². The number of aromatic nitrogens is 1. The van der Waals surface area contributed by atoms with Crippen molar-refractivity contribution >= 4 is 5.91 Å². The van der Waals surface area contributed by atoms with Gasteiger partial charge in [0.25, 0.3) is 11.5 Å². The summed E-state index contributed by atoms with van der Waals surface area (Å²) in [6, 6.07) is 21.3. The molecule has 7 rings (SSSR count). The number of hydrogen-bond acceptors (Lipinski definition) is 3. The molecule has 36 heavy (non-hydrogen) atoms. The highest BCUT2D eigenvalue weighted by Crippen LogP contribution is 2.54. The van der Waals surface area contributed by atoms with Gasteiger partial charge in [-0.3, -0.25) is 14.5 Å². The van der Waals surface area contributed by atoms with Crippen molar-refractivity contribution in [3.63, 3.8) is 0 Å². The summed E-state index contributed by atoms with van der Waals surface area (Å²) in [5, 5.41) is 2.94. The standard InChI is InChI=1S/C31H33N3O2/c35-29(32-18-20-6-2-1-3-7-20)24-14-23-15-26-28-16-22-8-4-5-9-25(22)31(26,17-27(23)33-30(24)36)12-13-34(28)19-21-10-11-21/h1-9,14,21,26,28H,10-13,15-19H2,(H,32,35)(H,33,36)/t26-,28-,31?/m1/s1. The Hall–Kier alpha value is -3.18. The molecule has 4 aliphatic rings. The van der Waals surface area contributed by atoms with E-state index >= 15 is 0 Å². The second-order valence-electron chi connectivity index (χ2n) is 11.4. The lowest BCUT2D eigenvalue weighted by Gasteiger charge is -2.59. The zero-order valence-corrected chi connectivity index (χ0v) is 20.6. The van der Waals surface area contributed by atoms with Gasteiger partial charge in [0.05, 0.1) is 0 Å². The maximum Gasteiger partial charge on any atom is 0.261 e. The Morgan fingerprint density at radius 3 is 2.67 bits per heavy atom. The normalized spacial score (nSPS) is 26.4. The molecular formula is C31H33N3O2. The molecule has 1 amide bonds. The van der Waals surface area contributed by atoms with Crippen LogP contribution in [0.3, 0.4) is 0 Å². The first-order valence-electron chi connectivity index (χ1n) is 13.5. The predicted molar refractivity (Wildman–Crippen MR) is 140 cm³/mol. The van der Waals surface area contributed by atoms with Crippen LogP contribution in [0.1, 0.15) is 57.6 Å². The van der Waals surface area contributed by atoms with Crippen molar-refractivity contribution in [2.45, 2.75) is 56.5 Å². The van der Waals surface area contributed by atoms with Crippen molar-refractivity contribution in [1.29, 1.82) is 0 Å². The summed E-state index contributed by atoms with van der Waals surface area (Å²) in [4.78, 5) is 32.0. The molecule has 2 bridgehead atoms. The first-order chi connectivity index (χ1) is 17.6. The Labute approximate surface area is 211 Å². The summed E-state index contributed by atoms with van der Waals surface area (Å²) >= 11 is 0. The average Bonchev–Trinajstić information content (AvgIpc) is 3.72. The number of nitrogens with one attached hydrogen (secondary N) is 2. The third kappa shape index (κ3) is 3.64. The van der Waals surface area contributed by atoms with Crippen LogP contribution in [-0.2, 0) is 31.2 Å². The van der Waals surface area contributed by atoms with Gasteiger partial charge in [-0.2, -0.15) is 0 Å². The highest BCUT2D eigenvalue weighted by molar-refractivity contribution is 5.94. The van der Waals surface area contributed by atoms with Crippen molar-refractivity contribution in [3.8, 4) is 0 Å². The molecule has 1 saturated heterocycles. The minimum atomic E-state index is -0.298. The van der Waals surface area contributed by atoms with Crippen molar-refractivity contribution in [1.82, 2.24) is 15.2 Å². The Kier molecular flexibility index (Phi) is 5.17. The smallest absolute Gasteiger partial charge is 0.261 e. The molecule has 184 valence electrons. The van der Waals surface area contributed by atoms with Gasteiger partial charge in [-0.15, -0.1) is 0 Å². The zero-order valence-electron chi connectivity index (χ0n) is 20.6. The van der Waals surface area contributed by atoms with Crippen molar-refractivity contribution in [2.75, 3.05) is 13.1 Å². The van der Waals surface area contributed by atoms with Gasteiger partial charge in [0, 0.05) is 30.2 Å². The van der Waals surface area contributed by atoms with Crippen LogP contribution in [-0.4, -0.2) is 34.9 Å². The van der Waals surface area contributed by atoms with Gasteiger partial charge in [-0.25, -0.2) is 0 Å². The molecule has 3 aromatic rings. The van der Waals surface area contributed by atoms with Gasteiger partial charge < -0.3 is 10.3 Å². The maximum atomic E-state index is 13.1. The monoisotopic (exact) mass is 479 g/mol.